The maximum absolute atomic E-state index is 4.19. The summed E-state index contributed by atoms with van der Waals surface area (Å²) in [5.41, 5.74) is 4.59. The van der Waals surface area contributed by atoms with Gasteiger partial charge >= 0.3 is 0 Å². The molecule has 18 heavy (non-hydrogen) atoms. The van der Waals surface area contributed by atoms with Crippen LogP contribution in [0.15, 0.2) is 42.7 Å². The van der Waals surface area contributed by atoms with Crippen molar-refractivity contribution >= 4 is 11.4 Å². The summed E-state index contributed by atoms with van der Waals surface area (Å²) < 4.78 is 0. The molecule has 0 aliphatic carbocycles. The van der Waals surface area contributed by atoms with E-state index in [-0.39, 0.29) is 6.04 Å². The first-order valence-corrected chi connectivity index (χ1v) is 6.15. The maximum Gasteiger partial charge on any atom is 0.0552 e. The number of hydrogen-bond donors (Lipinski definition) is 2. The highest BCUT2D eigenvalue weighted by molar-refractivity contribution is 5.54. The van der Waals surface area contributed by atoms with E-state index in [1.165, 1.54) is 11.1 Å². The Morgan fingerprint density at radius 3 is 2.39 bits per heavy atom. The van der Waals surface area contributed by atoms with E-state index in [9.17, 15) is 0 Å². The number of nitrogens with one attached hydrogen (secondary N) is 2. The summed E-state index contributed by atoms with van der Waals surface area (Å²) in [6, 6.07) is 10.9. The smallest absolute Gasteiger partial charge is 0.0552 e. The van der Waals surface area contributed by atoms with Gasteiger partial charge in [-0.15, -0.1) is 0 Å². The summed E-state index contributed by atoms with van der Waals surface area (Å²) in [7, 11) is 1.89. The molecule has 0 fully saturated rings. The van der Waals surface area contributed by atoms with Crippen LogP contribution in [0.4, 0.5) is 11.4 Å². The molecule has 0 aliphatic heterocycles. The number of aryl methyl sites for hydroxylation is 1. The minimum Gasteiger partial charge on any atom is -0.387 e. The fraction of sp³-hybridized carbons (Fsp3) is 0.267. The fourth-order valence-corrected chi connectivity index (χ4v) is 1.84. The molecule has 94 valence electrons. The predicted octanol–water partition coefficient (Wildman–Crippen LogP) is 3.60. The first-order valence-electron chi connectivity index (χ1n) is 6.15. The van der Waals surface area contributed by atoms with E-state index in [2.05, 4.69) is 59.8 Å². The van der Waals surface area contributed by atoms with Gasteiger partial charge in [-0.25, -0.2) is 0 Å². The Labute approximate surface area is 108 Å². The minimum atomic E-state index is 0.263. The second-order valence-corrected chi connectivity index (χ2v) is 4.49. The lowest BCUT2D eigenvalue weighted by Crippen LogP contribution is -2.07. The highest BCUT2D eigenvalue weighted by atomic mass is 14.9. The zero-order chi connectivity index (χ0) is 13.0. The Morgan fingerprint density at radius 2 is 1.72 bits per heavy atom. The van der Waals surface area contributed by atoms with Gasteiger partial charge in [0.15, 0.2) is 0 Å². The van der Waals surface area contributed by atoms with Crippen molar-refractivity contribution in [2.45, 2.75) is 19.9 Å². The number of hydrogen-bond acceptors (Lipinski definition) is 3. The van der Waals surface area contributed by atoms with Crippen molar-refractivity contribution in [1.29, 1.82) is 0 Å². The average Bonchev–Trinajstić information content (AvgIpc) is 2.39. The van der Waals surface area contributed by atoms with Crippen LogP contribution in [-0.2, 0) is 0 Å². The Balaban J connectivity index is 2.10. The van der Waals surface area contributed by atoms with Gasteiger partial charge in [-0.05, 0) is 25.5 Å². The number of rotatable bonds is 4. The Kier molecular flexibility index (Phi) is 3.82. The van der Waals surface area contributed by atoms with Crippen molar-refractivity contribution in [1.82, 2.24) is 4.98 Å². The fourth-order valence-electron chi connectivity index (χ4n) is 1.84. The Bertz CT molecular complexity index is 505. The van der Waals surface area contributed by atoms with E-state index in [0.29, 0.717) is 0 Å². The second-order valence-electron chi connectivity index (χ2n) is 4.49. The lowest BCUT2D eigenvalue weighted by Gasteiger charge is -2.16. The molecule has 3 heteroatoms. The van der Waals surface area contributed by atoms with Crippen LogP contribution in [0, 0.1) is 6.92 Å². The maximum atomic E-state index is 4.19. The molecule has 0 amide bonds. The van der Waals surface area contributed by atoms with E-state index in [1.54, 1.807) is 0 Å². The quantitative estimate of drug-likeness (QED) is 0.858. The standard InChI is InChI=1S/C15H19N3/c1-11-4-6-13(7-5-11)12(2)18-15-8-14(16-3)9-17-10-15/h4-10,12,16,18H,1-3H3. The van der Waals surface area contributed by atoms with E-state index >= 15 is 0 Å². The Morgan fingerprint density at radius 1 is 1.06 bits per heavy atom. The summed E-state index contributed by atoms with van der Waals surface area (Å²) in [6.45, 7) is 4.25. The van der Waals surface area contributed by atoms with E-state index in [0.717, 1.165) is 11.4 Å². The van der Waals surface area contributed by atoms with Crippen molar-refractivity contribution in [3.8, 4) is 0 Å². The molecule has 1 unspecified atom stereocenters. The summed E-state index contributed by atoms with van der Waals surface area (Å²) in [5.74, 6) is 0. The lowest BCUT2D eigenvalue weighted by atomic mass is 10.1. The van der Waals surface area contributed by atoms with Crippen LogP contribution in [0.5, 0.6) is 0 Å². The third-order valence-electron chi connectivity index (χ3n) is 2.99. The number of nitrogens with zero attached hydrogens (tertiary/aromatic N) is 1. The number of aromatic nitrogens is 1. The average molecular weight is 241 g/mol. The molecule has 0 bridgehead atoms. The van der Waals surface area contributed by atoms with Crippen LogP contribution in [-0.4, -0.2) is 12.0 Å². The first kappa shape index (κ1) is 12.4. The van der Waals surface area contributed by atoms with Crippen molar-refractivity contribution in [2.24, 2.45) is 0 Å². The molecular formula is C15H19N3. The van der Waals surface area contributed by atoms with Crippen LogP contribution in [0.3, 0.4) is 0 Å². The van der Waals surface area contributed by atoms with Crippen LogP contribution >= 0.6 is 0 Å². The second kappa shape index (κ2) is 5.54. The van der Waals surface area contributed by atoms with Gasteiger partial charge in [-0.1, -0.05) is 29.8 Å². The zero-order valence-corrected chi connectivity index (χ0v) is 11.1. The number of benzene rings is 1. The molecule has 2 N–H and O–H groups in total. The van der Waals surface area contributed by atoms with E-state index < -0.39 is 0 Å². The lowest BCUT2D eigenvalue weighted by molar-refractivity contribution is 0.882. The monoisotopic (exact) mass is 241 g/mol. The van der Waals surface area contributed by atoms with Gasteiger partial charge in [0.2, 0.25) is 0 Å². The molecule has 1 atom stereocenters. The molecule has 0 saturated heterocycles. The summed E-state index contributed by atoms with van der Waals surface area (Å²) >= 11 is 0. The molecule has 0 spiro atoms. The van der Waals surface area contributed by atoms with Gasteiger partial charge in [0, 0.05) is 13.1 Å². The SMILES string of the molecule is CNc1cncc(NC(C)c2ccc(C)cc2)c1. The normalized spacial score (nSPS) is 11.9. The van der Waals surface area contributed by atoms with Gasteiger partial charge in [0.1, 0.15) is 0 Å². The van der Waals surface area contributed by atoms with Crippen LogP contribution in [0.2, 0.25) is 0 Å². The third kappa shape index (κ3) is 3.00. The first-order chi connectivity index (χ1) is 8.69. The topological polar surface area (TPSA) is 37.0 Å². The summed E-state index contributed by atoms with van der Waals surface area (Å²) in [6.07, 6.45) is 3.65. The molecule has 1 aromatic heterocycles. The molecule has 0 radical (unpaired) electrons. The van der Waals surface area contributed by atoms with Crippen molar-refractivity contribution in [3.05, 3.63) is 53.9 Å². The molecule has 1 heterocycles. The van der Waals surface area contributed by atoms with E-state index in [4.69, 9.17) is 0 Å². The summed E-state index contributed by atoms with van der Waals surface area (Å²) in [4.78, 5) is 4.19. The molecule has 2 rings (SSSR count). The highest BCUT2D eigenvalue weighted by Crippen LogP contribution is 2.20. The number of anilines is 2. The molecule has 0 saturated carbocycles. The molecule has 1 aromatic carbocycles. The minimum absolute atomic E-state index is 0.263. The van der Waals surface area contributed by atoms with Crippen molar-refractivity contribution in [2.75, 3.05) is 17.7 Å². The van der Waals surface area contributed by atoms with Crippen molar-refractivity contribution < 1.29 is 0 Å². The molecule has 3 nitrogen and oxygen atoms in total. The van der Waals surface area contributed by atoms with E-state index in [1.807, 2.05) is 19.4 Å². The number of pyridine rings is 1. The van der Waals surface area contributed by atoms with Gasteiger partial charge in [-0.3, -0.25) is 4.98 Å². The van der Waals surface area contributed by atoms with Gasteiger partial charge < -0.3 is 10.6 Å². The van der Waals surface area contributed by atoms with Gasteiger partial charge in [-0.2, -0.15) is 0 Å². The highest BCUT2D eigenvalue weighted by Gasteiger charge is 2.05. The molecule has 0 aliphatic rings. The molecule has 2 aromatic rings. The van der Waals surface area contributed by atoms with Gasteiger partial charge in [0.05, 0.1) is 23.8 Å². The zero-order valence-electron chi connectivity index (χ0n) is 11.1. The Hall–Kier alpha value is -2.03. The van der Waals surface area contributed by atoms with Gasteiger partial charge in [0.25, 0.3) is 0 Å². The molecular weight excluding hydrogens is 222 g/mol. The largest absolute Gasteiger partial charge is 0.387 e. The van der Waals surface area contributed by atoms with Crippen molar-refractivity contribution in [3.63, 3.8) is 0 Å². The summed E-state index contributed by atoms with van der Waals surface area (Å²) in [5, 5.41) is 6.54. The van der Waals surface area contributed by atoms with Crippen LogP contribution < -0.4 is 10.6 Å². The van der Waals surface area contributed by atoms with Crippen LogP contribution in [0.1, 0.15) is 24.1 Å². The third-order valence-corrected chi connectivity index (χ3v) is 2.99. The van der Waals surface area contributed by atoms with Crippen LogP contribution in [0.25, 0.3) is 0 Å². The predicted molar refractivity (Wildman–Crippen MR) is 77.0 cm³/mol.